The van der Waals surface area contributed by atoms with Gasteiger partial charge in [-0.25, -0.2) is 4.79 Å². The van der Waals surface area contributed by atoms with Crippen molar-refractivity contribution < 1.29 is 24.2 Å². The minimum atomic E-state index is -1.04. The van der Waals surface area contributed by atoms with Crippen LogP contribution in [-0.2, 0) is 14.3 Å². The zero-order chi connectivity index (χ0) is 15.0. The molecular formula is C14H17NO5. The fraction of sp³-hybridized carbons (Fsp3) is 0.286. The molecule has 0 spiro atoms. The number of carboxylic acid groups (broad SMARTS) is 1. The van der Waals surface area contributed by atoms with Gasteiger partial charge in [0, 0.05) is 13.2 Å². The van der Waals surface area contributed by atoms with E-state index in [1.165, 1.54) is 20.3 Å². The second-order valence-corrected chi connectivity index (χ2v) is 3.92. The van der Waals surface area contributed by atoms with Crippen LogP contribution in [0.4, 0.5) is 5.69 Å². The Labute approximate surface area is 117 Å². The van der Waals surface area contributed by atoms with Crippen molar-refractivity contribution in [2.45, 2.75) is 6.42 Å². The van der Waals surface area contributed by atoms with E-state index < -0.39 is 5.97 Å². The molecule has 1 aromatic rings. The Morgan fingerprint density at radius 3 is 2.70 bits per heavy atom. The lowest BCUT2D eigenvalue weighted by Gasteiger charge is -2.11. The number of carboxylic acids is 1. The highest BCUT2D eigenvalue weighted by atomic mass is 16.5. The standard InChI is InChI=1S/C14H17NO5/c1-19-8-7-13(16)15-11-9-10(4-6-14(17)18)3-5-12(11)20-2/h3-6,9H,7-8H2,1-2H3,(H,15,16)(H,17,18). The molecule has 0 aliphatic rings. The molecule has 0 aliphatic carbocycles. The second kappa shape index (κ2) is 7.96. The average molecular weight is 279 g/mol. The SMILES string of the molecule is COCCC(=O)Nc1cc(C=CC(=O)O)ccc1OC. The summed E-state index contributed by atoms with van der Waals surface area (Å²) in [5.41, 5.74) is 1.14. The van der Waals surface area contributed by atoms with Crippen LogP contribution in [0.3, 0.4) is 0 Å². The Morgan fingerprint density at radius 1 is 1.35 bits per heavy atom. The maximum absolute atomic E-state index is 11.7. The number of amides is 1. The number of carbonyl (C=O) groups is 2. The summed E-state index contributed by atoms with van der Waals surface area (Å²) < 4.78 is 9.97. The van der Waals surface area contributed by atoms with Crippen LogP contribution in [0.25, 0.3) is 6.08 Å². The first-order valence-electron chi connectivity index (χ1n) is 5.94. The number of nitrogens with one attached hydrogen (secondary N) is 1. The number of ether oxygens (including phenoxy) is 2. The highest BCUT2D eigenvalue weighted by Crippen LogP contribution is 2.26. The first-order valence-corrected chi connectivity index (χ1v) is 5.94. The topological polar surface area (TPSA) is 84.9 Å². The molecule has 108 valence electrons. The highest BCUT2D eigenvalue weighted by Gasteiger charge is 2.08. The van der Waals surface area contributed by atoms with Gasteiger partial charge in [-0.2, -0.15) is 0 Å². The van der Waals surface area contributed by atoms with Crippen LogP contribution in [-0.4, -0.2) is 37.8 Å². The monoisotopic (exact) mass is 279 g/mol. The van der Waals surface area contributed by atoms with Gasteiger partial charge in [0.2, 0.25) is 5.91 Å². The van der Waals surface area contributed by atoms with Gasteiger partial charge in [-0.3, -0.25) is 4.79 Å². The predicted molar refractivity (Wildman–Crippen MR) is 74.8 cm³/mol. The van der Waals surface area contributed by atoms with Gasteiger partial charge >= 0.3 is 5.97 Å². The normalized spacial score (nSPS) is 10.5. The van der Waals surface area contributed by atoms with Gasteiger partial charge in [-0.1, -0.05) is 6.07 Å². The molecule has 2 N–H and O–H groups in total. The van der Waals surface area contributed by atoms with Crippen LogP contribution < -0.4 is 10.1 Å². The summed E-state index contributed by atoms with van der Waals surface area (Å²) >= 11 is 0. The third kappa shape index (κ3) is 5.11. The lowest BCUT2D eigenvalue weighted by molar-refractivity contribution is -0.131. The molecule has 6 nitrogen and oxygen atoms in total. The molecule has 1 aromatic carbocycles. The van der Waals surface area contributed by atoms with Crippen molar-refractivity contribution >= 4 is 23.6 Å². The fourth-order valence-corrected chi connectivity index (χ4v) is 1.50. The van der Waals surface area contributed by atoms with E-state index in [9.17, 15) is 9.59 Å². The van der Waals surface area contributed by atoms with E-state index >= 15 is 0 Å². The Bertz CT molecular complexity index is 510. The van der Waals surface area contributed by atoms with Crippen molar-refractivity contribution in [2.24, 2.45) is 0 Å². The summed E-state index contributed by atoms with van der Waals surface area (Å²) in [7, 11) is 3.01. The molecule has 0 bridgehead atoms. The molecule has 1 amide bonds. The van der Waals surface area contributed by atoms with Gasteiger partial charge < -0.3 is 19.9 Å². The number of benzene rings is 1. The van der Waals surface area contributed by atoms with E-state index in [2.05, 4.69) is 5.32 Å². The highest BCUT2D eigenvalue weighted by molar-refractivity contribution is 5.93. The molecule has 0 aliphatic heterocycles. The number of hydrogen-bond acceptors (Lipinski definition) is 4. The molecule has 0 saturated carbocycles. The maximum atomic E-state index is 11.7. The zero-order valence-corrected chi connectivity index (χ0v) is 11.4. The molecule has 0 atom stereocenters. The molecule has 0 unspecified atom stereocenters. The average Bonchev–Trinajstić information content (AvgIpc) is 2.43. The first kappa shape index (κ1) is 15.7. The number of anilines is 1. The van der Waals surface area contributed by atoms with Crippen molar-refractivity contribution in [2.75, 3.05) is 26.1 Å². The lowest BCUT2D eigenvalue weighted by atomic mass is 10.1. The van der Waals surface area contributed by atoms with E-state index in [4.69, 9.17) is 14.6 Å². The summed E-state index contributed by atoms with van der Waals surface area (Å²) in [4.78, 5) is 22.1. The Kier molecular flexibility index (Phi) is 6.25. The van der Waals surface area contributed by atoms with Gasteiger partial charge in [0.25, 0.3) is 0 Å². The van der Waals surface area contributed by atoms with E-state index in [0.29, 0.717) is 23.6 Å². The van der Waals surface area contributed by atoms with Crippen LogP contribution in [0, 0.1) is 0 Å². The lowest BCUT2D eigenvalue weighted by Crippen LogP contribution is -2.14. The molecule has 0 heterocycles. The molecule has 0 saturated heterocycles. The Hall–Kier alpha value is -2.34. The first-order chi connectivity index (χ1) is 9.56. The Morgan fingerprint density at radius 2 is 2.10 bits per heavy atom. The van der Waals surface area contributed by atoms with Crippen molar-refractivity contribution in [3.63, 3.8) is 0 Å². The van der Waals surface area contributed by atoms with Crippen molar-refractivity contribution in [1.82, 2.24) is 0 Å². The molecule has 0 aromatic heterocycles. The van der Waals surface area contributed by atoms with Gasteiger partial charge in [-0.15, -0.1) is 0 Å². The smallest absolute Gasteiger partial charge is 0.328 e. The second-order valence-electron chi connectivity index (χ2n) is 3.92. The molecular weight excluding hydrogens is 262 g/mol. The fourth-order valence-electron chi connectivity index (χ4n) is 1.50. The van der Waals surface area contributed by atoms with E-state index in [1.807, 2.05) is 0 Å². The summed E-state index contributed by atoms with van der Waals surface area (Å²) in [5.74, 6) is -0.737. The van der Waals surface area contributed by atoms with E-state index in [-0.39, 0.29) is 12.3 Å². The van der Waals surface area contributed by atoms with Gasteiger partial charge in [-0.05, 0) is 23.8 Å². The number of carbonyl (C=O) groups excluding carboxylic acids is 1. The summed E-state index contributed by atoms with van der Waals surface area (Å²) in [6.45, 7) is 0.326. The molecule has 0 fully saturated rings. The summed E-state index contributed by atoms with van der Waals surface area (Å²) in [6.07, 6.45) is 2.69. The Balaban J connectivity index is 2.88. The quantitative estimate of drug-likeness (QED) is 0.743. The third-order valence-corrected chi connectivity index (χ3v) is 2.45. The number of hydrogen-bond donors (Lipinski definition) is 2. The van der Waals surface area contributed by atoms with Gasteiger partial charge in [0.1, 0.15) is 5.75 Å². The van der Waals surface area contributed by atoms with E-state index in [0.717, 1.165) is 6.08 Å². The van der Waals surface area contributed by atoms with Crippen LogP contribution in [0.2, 0.25) is 0 Å². The molecule has 0 radical (unpaired) electrons. The van der Waals surface area contributed by atoms with Gasteiger partial charge in [0.15, 0.2) is 0 Å². The zero-order valence-electron chi connectivity index (χ0n) is 11.4. The summed E-state index contributed by atoms with van der Waals surface area (Å²) in [5, 5.41) is 11.3. The minimum absolute atomic E-state index is 0.204. The number of aliphatic carboxylic acids is 1. The summed E-state index contributed by atoms with van der Waals surface area (Å²) in [6, 6.07) is 5.00. The van der Waals surface area contributed by atoms with Crippen LogP contribution in [0.15, 0.2) is 24.3 Å². The minimum Gasteiger partial charge on any atom is -0.495 e. The number of rotatable bonds is 7. The largest absolute Gasteiger partial charge is 0.495 e. The van der Waals surface area contributed by atoms with Crippen molar-refractivity contribution in [1.29, 1.82) is 0 Å². The maximum Gasteiger partial charge on any atom is 0.328 e. The van der Waals surface area contributed by atoms with Crippen molar-refractivity contribution in [3.8, 4) is 5.75 Å². The van der Waals surface area contributed by atoms with E-state index in [1.54, 1.807) is 18.2 Å². The molecule has 1 rings (SSSR count). The van der Waals surface area contributed by atoms with Crippen LogP contribution in [0.1, 0.15) is 12.0 Å². The van der Waals surface area contributed by atoms with Crippen molar-refractivity contribution in [3.05, 3.63) is 29.8 Å². The van der Waals surface area contributed by atoms with Crippen LogP contribution in [0.5, 0.6) is 5.75 Å². The molecule has 20 heavy (non-hydrogen) atoms. The van der Waals surface area contributed by atoms with Crippen LogP contribution >= 0.6 is 0 Å². The predicted octanol–water partition coefficient (Wildman–Crippen LogP) is 1.77. The third-order valence-electron chi connectivity index (χ3n) is 2.45. The van der Waals surface area contributed by atoms with Gasteiger partial charge in [0.05, 0.1) is 25.8 Å². The number of methoxy groups -OCH3 is 2. The molecule has 6 heteroatoms.